The predicted molar refractivity (Wildman–Crippen MR) is 121 cm³/mol. The quantitative estimate of drug-likeness (QED) is 0.445. The molecular weight excluding hydrogens is 433 g/mol. The van der Waals surface area contributed by atoms with Gasteiger partial charge in [-0.05, 0) is 41.3 Å². The van der Waals surface area contributed by atoms with E-state index in [1.807, 2.05) is 25.4 Å². The molecule has 0 saturated carbocycles. The summed E-state index contributed by atoms with van der Waals surface area (Å²) in [4.78, 5) is 12.8. The van der Waals surface area contributed by atoms with Crippen LogP contribution in [-0.2, 0) is 23.9 Å². The summed E-state index contributed by atoms with van der Waals surface area (Å²) in [5.41, 5.74) is 2.69. The van der Waals surface area contributed by atoms with Crippen LogP contribution in [0.1, 0.15) is 0 Å². The molecule has 4 aromatic rings. The second-order valence-corrected chi connectivity index (χ2v) is 9.60. The number of nitrogens with zero attached hydrogens (tertiary/aromatic N) is 3. The summed E-state index contributed by atoms with van der Waals surface area (Å²) >= 11 is 0. The van der Waals surface area contributed by atoms with Gasteiger partial charge in [0.1, 0.15) is 12.4 Å². The fraction of sp³-hybridized carbons (Fsp3) is 0.217. The number of aromatic nitrogens is 3. The molecule has 9 heteroatoms. The molecular formula is C23H22FN3O4S. The number of alkyl halides is 1. The largest absolute Gasteiger partial charge is 0.496 e. The first-order chi connectivity index (χ1) is 15.2. The number of fused-ring (bicyclic) bond motifs is 1. The van der Waals surface area contributed by atoms with Crippen molar-refractivity contribution in [3.63, 3.8) is 0 Å². The van der Waals surface area contributed by atoms with Gasteiger partial charge in [-0.3, -0.25) is 9.48 Å². The fourth-order valence-electron chi connectivity index (χ4n) is 3.74. The van der Waals surface area contributed by atoms with E-state index in [1.165, 1.54) is 23.8 Å². The van der Waals surface area contributed by atoms with E-state index in [2.05, 4.69) is 5.10 Å². The number of ether oxygens (including phenoxy) is 1. The summed E-state index contributed by atoms with van der Waals surface area (Å²) < 4.78 is 46.4. The maximum atomic E-state index is 12.8. The highest BCUT2D eigenvalue weighted by molar-refractivity contribution is 7.91. The Hall–Kier alpha value is -3.46. The van der Waals surface area contributed by atoms with Crippen LogP contribution >= 0.6 is 0 Å². The second-order valence-electron chi connectivity index (χ2n) is 7.49. The van der Waals surface area contributed by atoms with Crippen LogP contribution in [0.3, 0.4) is 0 Å². The second kappa shape index (κ2) is 8.23. The third-order valence-electron chi connectivity index (χ3n) is 5.39. The van der Waals surface area contributed by atoms with Crippen molar-refractivity contribution in [1.82, 2.24) is 14.3 Å². The first-order valence-electron chi connectivity index (χ1n) is 9.84. The van der Waals surface area contributed by atoms with Crippen molar-refractivity contribution in [1.29, 1.82) is 0 Å². The predicted octanol–water partition coefficient (Wildman–Crippen LogP) is 3.36. The molecule has 0 unspecified atom stereocenters. The van der Waals surface area contributed by atoms with Gasteiger partial charge >= 0.3 is 0 Å². The zero-order chi connectivity index (χ0) is 23.0. The van der Waals surface area contributed by atoms with Crippen LogP contribution in [0.25, 0.3) is 33.0 Å². The summed E-state index contributed by atoms with van der Waals surface area (Å²) in [5, 5.41) is 5.33. The highest BCUT2D eigenvalue weighted by Crippen LogP contribution is 2.37. The molecule has 7 nitrogen and oxygen atoms in total. The zero-order valence-corrected chi connectivity index (χ0v) is 18.7. The van der Waals surface area contributed by atoms with E-state index >= 15 is 0 Å². The topological polar surface area (TPSA) is 83.2 Å². The molecule has 0 aliphatic rings. The Balaban J connectivity index is 2.03. The van der Waals surface area contributed by atoms with Crippen LogP contribution in [0.2, 0.25) is 0 Å². The molecule has 2 heterocycles. The summed E-state index contributed by atoms with van der Waals surface area (Å²) in [6, 6.07) is 9.90. The Bertz CT molecular complexity index is 1490. The minimum absolute atomic E-state index is 0.00336. The molecule has 0 aliphatic carbocycles. The van der Waals surface area contributed by atoms with Gasteiger partial charge in [0, 0.05) is 48.6 Å². The molecule has 4 rings (SSSR count). The van der Waals surface area contributed by atoms with Crippen LogP contribution in [0.4, 0.5) is 4.39 Å². The van der Waals surface area contributed by atoms with Gasteiger partial charge in [0.25, 0.3) is 5.56 Å². The van der Waals surface area contributed by atoms with E-state index in [9.17, 15) is 17.6 Å². The summed E-state index contributed by atoms with van der Waals surface area (Å²) in [5.74, 6) is -0.159. The highest BCUT2D eigenvalue weighted by Gasteiger charge is 2.20. The van der Waals surface area contributed by atoms with Gasteiger partial charge in [-0.25, -0.2) is 12.8 Å². The molecule has 0 aliphatic heterocycles. The van der Waals surface area contributed by atoms with Crippen LogP contribution < -0.4 is 10.3 Å². The number of methoxy groups -OCH3 is 1. The van der Waals surface area contributed by atoms with E-state index in [-0.39, 0.29) is 10.5 Å². The number of aryl methyl sites for hydroxylation is 2. The first kappa shape index (κ1) is 21.8. The molecule has 0 radical (unpaired) electrons. The summed E-state index contributed by atoms with van der Waals surface area (Å²) in [7, 11) is 1.14. The van der Waals surface area contributed by atoms with Crippen molar-refractivity contribution < 1.29 is 17.5 Å². The SMILES string of the molecule is COc1ccc(S(=O)(=O)CCF)cc1-c1cn(C)c(=O)c2ccc(-c3cnn(C)c3)cc12. The van der Waals surface area contributed by atoms with Gasteiger partial charge in [-0.2, -0.15) is 5.10 Å². The molecule has 0 spiro atoms. The number of sulfone groups is 1. The van der Waals surface area contributed by atoms with E-state index < -0.39 is 22.3 Å². The molecule has 166 valence electrons. The van der Waals surface area contributed by atoms with Crippen LogP contribution in [0, 0.1) is 0 Å². The molecule has 0 fully saturated rings. The lowest BCUT2D eigenvalue weighted by Gasteiger charge is -2.15. The number of rotatable bonds is 6. The fourth-order valence-corrected chi connectivity index (χ4v) is 4.75. The molecule has 0 saturated heterocycles. The average Bonchev–Trinajstić information content (AvgIpc) is 3.21. The van der Waals surface area contributed by atoms with Gasteiger partial charge in [-0.15, -0.1) is 0 Å². The molecule has 0 amide bonds. The number of hydrogen-bond acceptors (Lipinski definition) is 5. The lowest BCUT2D eigenvalue weighted by Crippen LogP contribution is -2.16. The van der Waals surface area contributed by atoms with Gasteiger partial charge in [0.2, 0.25) is 0 Å². The van der Waals surface area contributed by atoms with E-state index in [0.29, 0.717) is 27.6 Å². The summed E-state index contributed by atoms with van der Waals surface area (Å²) in [6.45, 7) is -0.971. The van der Waals surface area contributed by atoms with Crippen molar-refractivity contribution >= 4 is 20.6 Å². The maximum Gasteiger partial charge on any atom is 0.258 e. The molecule has 32 heavy (non-hydrogen) atoms. The van der Waals surface area contributed by atoms with Crippen molar-refractivity contribution in [3.8, 4) is 28.0 Å². The van der Waals surface area contributed by atoms with Gasteiger partial charge in [0.15, 0.2) is 9.84 Å². The van der Waals surface area contributed by atoms with E-state index in [0.717, 1.165) is 11.1 Å². The van der Waals surface area contributed by atoms with Crippen LogP contribution in [0.5, 0.6) is 5.75 Å². The Morgan fingerprint density at radius 1 is 1.00 bits per heavy atom. The lowest BCUT2D eigenvalue weighted by atomic mass is 9.97. The van der Waals surface area contributed by atoms with Crippen molar-refractivity contribution in [2.75, 3.05) is 19.5 Å². The third kappa shape index (κ3) is 3.80. The van der Waals surface area contributed by atoms with Crippen molar-refractivity contribution in [2.24, 2.45) is 14.1 Å². The summed E-state index contributed by atoms with van der Waals surface area (Å²) in [6.07, 6.45) is 5.25. The zero-order valence-electron chi connectivity index (χ0n) is 17.9. The van der Waals surface area contributed by atoms with E-state index in [1.54, 1.807) is 36.3 Å². The van der Waals surface area contributed by atoms with E-state index in [4.69, 9.17) is 4.74 Å². The van der Waals surface area contributed by atoms with Gasteiger partial charge < -0.3 is 9.30 Å². The van der Waals surface area contributed by atoms with Gasteiger partial charge in [0.05, 0.1) is 24.0 Å². The van der Waals surface area contributed by atoms with Gasteiger partial charge in [-0.1, -0.05) is 6.07 Å². The minimum atomic E-state index is -3.80. The Morgan fingerprint density at radius 2 is 1.78 bits per heavy atom. The smallest absolute Gasteiger partial charge is 0.258 e. The third-order valence-corrected chi connectivity index (χ3v) is 7.05. The number of hydrogen-bond donors (Lipinski definition) is 0. The number of halogens is 1. The van der Waals surface area contributed by atoms with Crippen LogP contribution in [-0.4, -0.2) is 42.3 Å². The number of pyridine rings is 1. The minimum Gasteiger partial charge on any atom is -0.496 e. The lowest BCUT2D eigenvalue weighted by molar-refractivity contribution is 0.416. The monoisotopic (exact) mass is 455 g/mol. The molecule has 2 aromatic heterocycles. The molecule has 0 atom stereocenters. The first-order valence-corrected chi connectivity index (χ1v) is 11.5. The maximum absolute atomic E-state index is 12.8. The molecule has 0 bridgehead atoms. The van der Waals surface area contributed by atoms with Crippen molar-refractivity contribution in [3.05, 3.63) is 65.3 Å². The average molecular weight is 456 g/mol. The molecule has 0 N–H and O–H groups in total. The molecule has 2 aromatic carbocycles. The standard InChI is InChI=1S/C23H22FN3O4S/c1-26-14-21(20-11-17(5-7-22(20)31-3)32(29,30)9-8-24)19-10-15(4-6-18(19)23(26)28)16-12-25-27(2)13-16/h4-7,10-14H,8-9H2,1-3H3. The van der Waals surface area contributed by atoms with Crippen LogP contribution in [0.15, 0.2) is 64.7 Å². The Kier molecular flexibility index (Phi) is 5.60. The van der Waals surface area contributed by atoms with Crippen molar-refractivity contribution in [2.45, 2.75) is 4.90 Å². The Labute approximate surface area is 184 Å². The number of benzene rings is 2. The highest BCUT2D eigenvalue weighted by atomic mass is 32.2. The normalized spacial score (nSPS) is 11.8. The Morgan fingerprint density at radius 3 is 2.44 bits per heavy atom.